The van der Waals surface area contributed by atoms with E-state index in [1.807, 2.05) is 12.4 Å². The van der Waals surface area contributed by atoms with E-state index < -0.39 is 0 Å². The van der Waals surface area contributed by atoms with Crippen molar-refractivity contribution in [3.05, 3.63) is 18.2 Å². The summed E-state index contributed by atoms with van der Waals surface area (Å²) in [5, 5.41) is 0. The number of aromatic amines is 1. The van der Waals surface area contributed by atoms with Crippen LogP contribution in [0.1, 0.15) is 64.1 Å². The van der Waals surface area contributed by atoms with Crippen LogP contribution >= 0.6 is 0 Å². The van der Waals surface area contributed by atoms with Crippen LogP contribution in [0, 0.1) is 11.8 Å². The molecule has 1 saturated carbocycles. The number of hydrogen-bond acceptors (Lipinski definition) is 1. The second-order valence-corrected chi connectivity index (χ2v) is 5.62. The molecule has 0 aliphatic heterocycles. The standard InChI is InChI=1S/C15H26N2/c1-2-5-13(12-14-6-3-4-7-14)8-9-15-16-10-11-17-15/h10-11,13-14H,2-9,12H2,1H3,(H,16,17). The van der Waals surface area contributed by atoms with E-state index >= 15 is 0 Å². The van der Waals surface area contributed by atoms with Gasteiger partial charge in [-0.1, -0.05) is 45.4 Å². The third-order valence-corrected chi connectivity index (χ3v) is 4.18. The first-order chi connectivity index (χ1) is 8.38. The van der Waals surface area contributed by atoms with Crippen molar-refractivity contribution in [2.24, 2.45) is 11.8 Å². The van der Waals surface area contributed by atoms with Crippen LogP contribution in [-0.2, 0) is 6.42 Å². The maximum atomic E-state index is 4.32. The highest BCUT2D eigenvalue weighted by Gasteiger charge is 2.19. The summed E-state index contributed by atoms with van der Waals surface area (Å²) in [6.07, 6.45) is 16.4. The van der Waals surface area contributed by atoms with Crippen LogP contribution in [0.25, 0.3) is 0 Å². The summed E-state index contributed by atoms with van der Waals surface area (Å²) in [5.74, 6) is 3.12. The van der Waals surface area contributed by atoms with Crippen LogP contribution in [0.2, 0.25) is 0 Å². The molecule has 2 nitrogen and oxygen atoms in total. The molecule has 2 heteroatoms. The molecule has 0 radical (unpaired) electrons. The molecule has 17 heavy (non-hydrogen) atoms. The first-order valence-electron chi connectivity index (χ1n) is 7.36. The molecule has 96 valence electrons. The summed E-state index contributed by atoms with van der Waals surface area (Å²) in [6.45, 7) is 2.31. The van der Waals surface area contributed by atoms with Crippen LogP contribution in [0.3, 0.4) is 0 Å². The highest BCUT2D eigenvalue weighted by atomic mass is 14.9. The number of imidazole rings is 1. The molecule has 0 spiro atoms. The van der Waals surface area contributed by atoms with E-state index in [0.29, 0.717) is 0 Å². The lowest BCUT2D eigenvalue weighted by molar-refractivity contribution is 0.335. The Bertz CT molecular complexity index is 286. The van der Waals surface area contributed by atoms with Crippen LogP contribution in [0.4, 0.5) is 0 Å². The number of rotatable bonds is 7. The lowest BCUT2D eigenvalue weighted by atomic mass is 9.87. The lowest BCUT2D eigenvalue weighted by Crippen LogP contribution is -2.08. The minimum absolute atomic E-state index is 0.924. The third kappa shape index (κ3) is 4.18. The predicted molar refractivity (Wildman–Crippen MR) is 71.9 cm³/mol. The van der Waals surface area contributed by atoms with Crippen LogP contribution in [0.5, 0.6) is 0 Å². The molecule has 1 aromatic heterocycles. The Morgan fingerprint density at radius 2 is 2.18 bits per heavy atom. The zero-order chi connectivity index (χ0) is 11.9. The fourth-order valence-electron chi connectivity index (χ4n) is 3.28. The number of aryl methyl sites for hydroxylation is 1. The second kappa shape index (κ2) is 6.83. The molecule has 2 rings (SSSR count). The minimum atomic E-state index is 0.924. The van der Waals surface area contributed by atoms with Gasteiger partial charge in [-0.25, -0.2) is 4.98 Å². The van der Waals surface area contributed by atoms with Crippen molar-refractivity contribution in [3.8, 4) is 0 Å². The molecule has 0 saturated heterocycles. The van der Waals surface area contributed by atoms with Crippen LogP contribution in [0.15, 0.2) is 12.4 Å². The predicted octanol–water partition coefficient (Wildman–Crippen LogP) is 4.34. The molecule has 1 unspecified atom stereocenters. The average Bonchev–Trinajstić information content (AvgIpc) is 2.99. The minimum Gasteiger partial charge on any atom is -0.349 e. The van der Waals surface area contributed by atoms with Crippen molar-refractivity contribution in [2.45, 2.75) is 64.7 Å². The summed E-state index contributed by atoms with van der Waals surface area (Å²) in [7, 11) is 0. The van der Waals surface area contributed by atoms with E-state index in [1.54, 1.807) is 0 Å². The van der Waals surface area contributed by atoms with E-state index in [-0.39, 0.29) is 0 Å². The topological polar surface area (TPSA) is 28.7 Å². The number of nitrogens with zero attached hydrogens (tertiary/aromatic N) is 1. The highest BCUT2D eigenvalue weighted by molar-refractivity contribution is 4.87. The van der Waals surface area contributed by atoms with Gasteiger partial charge >= 0.3 is 0 Å². The van der Waals surface area contributed by atoms with E-state index in [2.05, 4.69) is 16.9 Å². The van der Waals surface area contributed by atoms with Crippen molar-refractivity contribution in [3.63, 3.8) is 0 Å². The van der Waals surface area contributed by atoms with Gasteiger partial charge in [0.2, 0.25) is 0 Å². The van der Waals surface area contributed by atoms with Gasteiger partial charge < -0.3 is 4.98 Å². The smallest absolute Gasteiger partial charge is 0.106 e. The summed E-state index contributed by atoms with van der Waals surface area (Å²) in [4.78, 5) is 7.54. The fourth-order valence-corrected chi connectivity index (χ4v) is 3.28. The molecule has 0 aromatic carbocycles. The van der Waals surface area contributed by atoms with Gasteiger partial charge in [-0.3, -0.25) is 0 Å². The molecular weight excluding hydrogens is 208 g/mol. The Hall–Kier alpha value is -0.790. The van der Waals surface area contributed by atoms with Gasteiger partial charge in [0.25, 0.3) is 0 Å². The Kier molecular flexibility index (Phi) is 5.08. The van der Waals surface area contributed by atoms with Crippen LogP contribution < -0.4 is 0 Å². The van der Waals surface area contributed by atoms with Crippen molar-refractivity contribution in [1.29, 1.82) is 0 Å². The highest BCUT2D eigenvalue weighted by Crippen LogP contribution is 2.33. The lowest BCUT2D eigenvalue weighted by Gasteiger charge is -2.19. The van der Waals surface area contributed by atoms with E-state index in [9.17, 15) is 0 Å². The number of hydrogen-bond donors (Lipinski definition) is 1. The monoisotopic (exact) mass is 234 g/mol. The third-order valence-electron chi connectivity index (χ3n) is 4.18. The fraction of sp³-hybridized carbons (Fsp3) is 0.800. The van der Waals surface area contributed by atoms with Crippen molar-refractivity contribution in [2.75, 3.05) is 0 Å². The molecule has 1 atom stereocenters. The zero-order valence-corrected chi connectivity index (χ0v) is 11.1. The Balaban J connectivity index is 1.75. The van der Waals surface area contributed by atoms with E-state index in [1.165, 1.54) is 51.4 Å². The van der Waals surface area contributed by atoms with Gasteiger partial charge in [0.05, 0.1) is 0 Å². The van der Waals surface area contributed by atoms with Crippen LogP contribution in [-0.4, -0.2) is 9.97 Å². The van der Waals surface area contributed by atoms with Gasteiger partial charge in [-0.05, 0) is 24.7 Å². The zero-order valence-electron chi connectivity index (χ0n) is 11.1. The van der Waals surface area contributed by atoms with Crippen molar-refractivity contribution < 1.29 is 0 Å². The molecule has 0 amide bonds. The largest absolute Gasteiger partial charge is 0.349 e. The first kappa shape index (κ1) is 12.7. The second-order valence-electron chi connectivity index (χ2n) is 5.62. The molecular formula is C15H26N2. The van der Waals surface area contributed by atoms with Gasteiger partial charge in [0.15, 0.2) is 0 Å². The number of H-pyrrole nitrogens is 1. The molecule has 1 fully saturated rings. The quantitative estimate of drug-likeness (QED) is 0.747. The van der Waals surface area contributed by atoms with Gasteiger partial charge in [-0.2, -0.15) is 0 Å². The number of aromatic nitrogens is 2. The van der Waals surface area contributed by atoms with E-state index in [0.717, 1.165) is 24.1 Å². The SMILES string of the molecule is CCCC(CCc1ncc[nH]1)CC1CCCC1. The van der Waals surface area contributed by atoms with E-state index in [4.69, 9.17) is 0 Å². The molecule has 1 N–H and O–H groups in total. The normalized spacial score (nSPS) is 18.6. The first-order valence-corrected chi connectivity index (χ1v) is 7.36. The summed E-state index contributed by atoms with van der Waals surface area (Å²) in [6, 6.07) is 0. The Morgan fingerprint density at radius 3 is 2.82 bits per heavy atom. The average molecular weight is 234 g/mol. The van der Waals surface area contributed by atoms with Gasteiger partial charge in [0.1, 0.15) is 5.82 Å². The summed E-state index contributed by atoms with van der Waals surface area (Å²) < 4.78 is 0. The summed E-state index contributed by atoms with van der Waals surface area (Å²) >= 11 is 0. The maximum absolute atomic E-state index is 4.32. The Morgan fingerprint density at radius 1 is 1.35 bits per heavy atom. The molecule has 1 aliphatic carbocycles. The van der Waals surface area contributed by atoms with Gasteiger partial charge in [-0.15, -0.1) is 0 Å². The molecule has 0 bridgehead atoms. The van der Waals surface area contributed by atoms with Gasteiger partial charge in [0, 0.05) is 18.8 Å². The van der Waals surface area contributed by atoms with Crippen molar-refractivity contribution in [1.82, 2.24) is 9.97 Å². The van der Waals surface area contributed by atoms with Crippen molar-refractivity contribution >= 4 is 0 Å². The number of nitrogens with one attached hydrogen (secondary N) is 1. The molecule has 1 aromatic rings. The Labute approximate surface area is 105 Å². The molecule has 1 heterocycles. The summed E-state index contributed by atoms with van der Waals surface area (Å²) in [5.41, 5.74) is 0. The molecule has 1 aliphatic rings. The maximum Gasteiger partial charge on any atom is 0.106 e.